The minimum absolute atomic E-state index is 0.240. The summed E-state index contributed by atoms with van der Waals surface area (Å²) in [5, 5.41) is 3.77. The Morgan fingerprint density at radius 1 is 1.05 bits per heavy atom. The van der Waals surface area contributed by atoms with Crippen molar-refractivity contribution < 1.29 is 4.39 Å². The van der Waals surface area contributed by atoms with Gasteiger partial charge in [-0.3, -0.25) is 0 Å². The van der Waals surface area contributed by atoms with Crippen LogP contribution in [-0.2, 0) is 0 Å². The van der Waals surface area contributed by atoms with Crippen LogP contribution in [0.5, 0.6) is 0 Å². The van der Waals surface area contributed by atoms with Crippen molar-refractivity contribution in [3.05, 3.63) is 47.4 Å². The van der Waals surface area contributed by atoms with E-state index >= 15 is 0 Å². The number of benzene rings is 1. The van der Waals surface area contributed by atoms with Gasteiger partial charge in [-0.1, -0.05) is 23.7 Å². The maximum atomic E-state index is 13.0. The van der Waals surface area contributed by atoms with E-state index in [0.717, 1.165) is 43.1 Å². The second-order valence-electron chi connectivity index (χ2n) is 4.78. The molecule has 5 heteroatoms. The third kappa shape index (κ3) is 2.92. The summed E-state index contributed by atoms with van der Waals surface area (Å²) in [5.74, 6) is 0.634. The van der Waals surface area contributed by atoms with Gasteiger partial charge in [0.2, 0.25) is 0 Å². The molecule has 0 bridgehead atoms. The zero-order chi connectivity index (χ0) is 13.9. The SMILES string of the molecule is Fc1ccc(-c2cc(Cl)nc(N3CCNCC3)c2)cc1. The minimum Gasteiger partial charge on any atom is -0.354 e. The Balaban J connectivity index is 1.95. The van der Waals surface area contributed by atoms with Crippen LogP contribution in [0.2, 0.25) is 5.15 Å². The predicted molar refractivity (Wildman–Crippen MR) is 79.7 cm³/mol. The van der Waals surface area contributed by atoms with E-state index < -0.39 is 0 Å². The van der Waals surface area contributed by atoms with Crippen LogP contribution < -0.4 is 10.2 Å². The smallest absolute Gasteiger partial charge is 0.132 e. The van der Waals surface area contributed by atoms with Crippen LogP contribution in [0.1, 0.15) is 0 Å². The normalized spacial score (nSPS) is 15.4. The quantitative estimate of drug-likeness (QED) is 0.862. The number of rotatable bonds is 2. The first-order valence-corrected chi connectivity index (χ1v) is 6.99. The average molecular weight is 292 g/mol. The molecule has 1 aromatic heterocycles. The first-order chi connectivity index (χ1) is 9.72. The van der Waals surface area contributed by atoms with E-state index in [1.165, 1.54) is 12.1 Å². The van der Waals surface area contributed by atoms with Gasteiger partial charge in [0.25, 0.3) is 0 Å². The van der Waals surface area contributed by atoms with Crippen molar-refractivity contribution in [1.29, 1.82) is 0 Å². The first-order valence-electron chi connectivity index (χ1n) is 6.61. The van der Waals surface area contributed by atoms with Crippen molar-refractivity contribution in [3.8, 4) is 11.1 Å². The number of anilines is 1. The van der Waals surface area contributed by atoms with Crippen LogP contribution in [0.3, 0.4) is 0 Å². The molecule has 0 atom stereocenters. The van der Waals surface area contributed by atoms with Crippen molar-refractivity contribution in [2.75, 3.05) is 31.1 Å². The van der Waals surface area contributed by atoms with Gasteiger partial charge in [0.05, 0.1) is 0 Å². The molecule has 0 spiro atoms. The van der Waals surface area contributed by atoms with E-state index in [0.29, 0.717) is 5.15 Å². The lowest BCUT2D eigenvalue weighted by atomic mass is 10.1. The number of aromatic nitrogens is 1. The van der Waals surface area contributed by atoms with Crippen LogP contribution in [0.4, 0.5) is 10.2 Å². The standard InChI is InChI=1S/C15H15ClFN3/c16-14-9-12(11-1-3-13(17)4-2-11)10-15(19-14)20-7-5-18-6-8-20/h1-4,9-10,18H,5-8H2. The molecule has 1 saturated heterocycles. The molecule has 1 N–H and O–H groups in total. The van der Waals surface area contributed by atoms with Gasteiger partial charge in [-0.15, -0.1) is 0 Å². The Morgan fingerprint density at radius 3 is 2.45 bits per heavy atom. The molecular weight excluding hydrogens is 277 g/mol. The minimum atomic E-state index is -0.240. The van der Waals surface area contributed by atoms with Crippen molar-refractivity contribution in [3.63, 3.8) is 0 Å². The lowest BCUT2D eigenvalue weighted by Gasteiger charge is -2.28. The Bertz CT molecular complexity index is 595. The van der Waals surface area contributed by atoms with Gasteiger partial charge in [0.15, 0.2) is 0 Å². The zero-order valence-electron chi connectivity index (χ0n) is 10.9. The van der Waals surface area contributed by atoms with Crippen LogP contribution in [0.15, 0.2) is 36.4 Å². The number of pyridine rings is 1. The van der Waals surface area contributed by atoms with Gasteiger partial charge in [0.1, 0.15) is 16.8 Å². The molecule has 1 aliphatic heterocycles. The predicted octanol–water partition coefficient (Wildman–Crippen LogP) is 2.95. The largest absolute Gasteiger partial charge is 0.354 e. The summed E-state index contributed by atoms with van der Waals surface area (Å²) in [6.07, 6.45) is 0. The summed E-state index contributed by atoms with van der Waals surface area (Å²) < 4.78 is 13.0. The van der Waals surface area contributed by atoms with E-state index in [-0.39, 0.29) is 5.82 Å². The molecule has 0 unspecified atom stereocenters. The Labute approximate surface area is 122 Å². The number of nitrogens with zero attached hydrogens (tertiary/aromatic N) is 2. The summed E-state index contributed by atoms with van der Waals surface area (Å²) >= 11 is 6.12. The molecule has 0 aliphatic carbocycles. The highest BCUT2D eigenvalue weighted by Gasteiger charge is 2.13. The number of hydrogen-bond donors (Lipinski definition) is 1. The van der Waals surface area contributed by atoms with Crippen LogP contribution in [-0.4, -0.2) is 31.2 Å². The molecule has 104 valence electrons. The van der Waals surface area contributed by atoms with Crippen molar-refractivity contribution in [2.45, 2.75) is 0 Å². The highest BCUT2D eigenvalue weighted by Crippen LogP contribution is 2.26. The van der Waals surface area contributed by atoms with Gasteiger partial charge < -0.3 is 10.2 Å². The number of piperazine rings is 1. The molecule has 2 heterocycles. The average Bonchev–Trinajstić information content (AvgIpc) is 2.48. The summed E-state index contributed by atoms with van der Waals surface area (Å²) in [4.78, 5) is 6.59. The zero-order valence-corrected chi connectivity index (χ0v) is 11.7. The number of nitrogens with one attached hydrogen (secondary N) is 1. The summed E-state index contributed by atoms with van der Waals surface area (Å²) in [5.41, 5.74) is 1.89. The second kappa shape index (κ2) is 5.77. The van der Waals surface area contributed by atoms with Crippen molar-refractivity contribution >= 4 is 17.4 Å². The molecule has 3 rings (SSSR count). The van der Waals surface area contributed by atoms with Crippen LogP contribution in [0.25, 0.3) is 11.1 Å². The first kappa shape index (κ1) is 13.3. The highest BCUT2D eigenvalue weighted by atomic mass is 35.5. The molecular formula is C15H15ClFN3. The lowest BCUT2D eigenvalue weighted by Crippen LogP contribution is -2.43. The monoisotopic (exact) mass is 291 g/mol. The second-order valence-corrected chi connectivity index (χ2v) is 5.17. The summed E-state index contributed by atoms with van der Waals surface area (Å²) in [6.45, 7) is 3.71. The molecule has 2 aromatic rings. The topological polar surface area (TPSA) is 28.2 Å². The van der Waals surface area contributed by atoms with E-state index in [9.17, 15) is 4.39 Å². The fourth-order valence-electron chi connectivity index (χ4n) is 2.35. The molecule has 1 fully saturated rings. The molecule has 0 radical (unpaired) electrons. The molecule has 1 aliphatic rings. The third-order valence-corrected chi connectivity index (χ3v) is 3.59. The van der Waals surface area contributed by atoms with E-state index in [1.54, 1.807) is 18.2 Å². The van der Waals surface area contributed by atoms with Crippen molar-refractivity contribution in [2.24, 2.45) is 0 Å². The summed E-state index contributed by atoms with van der Waals surface area (Å²) in [6, 6.07) is 10.2. The summed E-state index contributed by atoms with van der Waals surface area (Å²) in [7, 11) is 0. The molecule has 20 heavy (non-hydrogen) atoms. The van der Waals surface area contributed by atoms with Gasteiger partial charge in [-0.05, 0) is 35.4 Å². The van der Waals surface area contributed by atoms with E-state index in [2.05, 4.69) is 15.2 Å². The Kier molecular flexibility index (Phi) is 3.85. The Morgan fingerprint density at radius 2 is 1.75 bits per heavy atom. The van der Waals surface area contributed by atoms with Crippen molar-refractivity contribution in [1.82, 2.24) is 10.3 Å². The van der Waals surface area contributed by atoms with E-state index in [4.69, 9.17) is 11.6 Å². The Hall–Kier alpha value is -1.65. The number of halogens is 2. The molecule has 3 nitrogen and oxygen atoms in total. The maximum Gasteiger partial charge on any atom is 0.132 e. The van der Waals surface area contributed by atoms with Crippen LogP contribution in [0, 0.1) is 5.82 Å². The molecule has 0 saturated carbocycles. The third-order valence-electron chi connectivity index (χ3n) is 3.40. The van der Waals surface area contributed by atoms with Gasteiger partial charge in [-0.25, -0.2) is 9.37 Å². The van der Waals surface area contributed by atoms with Crippen LogP contribution >= 0.6 is 11.6 Å². The molecule has 1 aromatic carbocycles. The van der Waals surface area contributed by atoms with E-state index in [1.807, 2.05) is 6.07 Å². The fraction of sp³-hybridized carbons (Fsp3) is 0.267. The number of hydrogen-bond acceptors (Lipinski definition) is 3. The maximum absolute atomic E-state index is 13.0. The molecule has 0 amide bonds. The van der Waals surface area contributed by atoms with Gasteiger partial charge >= 0.3 is 0 Å². The lowest BCUT2D eigenvalue weighted by molar-refractivity contribution is 0.585. The highest BCUT2D eigenvalue weighted by molar-refractivity contribution is 6.29. The fourth-order valence-corrected chi connectivity index (χ4v) is 2.55. The van der Waals surface area contributed by atoms with Gasteiger partial charge in [-0.2, -0.15) is 0 Å². The van der Waals surface area contributed by atoms with Gasteiger partial charge in [0, 0.05) is 26.2 Å².